The number of hydrogen-bond acceptors (Lipinski definition) is 3. The molecule has 0 fully saturated rings. The molecule has 0 saturated carbocycles. The Balaban J connectivity index is 2.52. The molecule has 0 aliphatic heterocycles. The molecule has 0 radical (unpaired) electrons. The molecule has 1 amide bonds. The highest BCUT2D eigenvalue weighted by Gasteiger charge is 2.19. The number of nitrogens with one attached hydrogen (secondary N) is 1. The SMILES string of the molecule is C=C(C(=O)NCc1ccccc1)C(CC)OC(C)=O. The molecule has 4 heteroatoms. The van der Waals surface area contributed by atoms with Crippen LogP contribution >= 0.6 is 0 Å². The number of amides is 1. The van der Waals surface area contributed by atoms with Crippen molar-refractivity contribution >= 4 is 11.9 Å². The smallest absolute Gasteiger partial charge is 0.303 e. The Bertz CT molecular complexity index is 454. The maximum absolute atomic E-state index is 11.9. The van der Waals surface area contributed by atoms with Crippen molar-refractivity contribution in [3.05, 3.63) is 48.0 Å². The summed E-state index contributed by atoms with van der Waals surface area (Å²) in [6.45, 7) is 7.28. The maximum Gasteiger partial charge on any atom is 0.303 e. The first-order chi connectivity index (χ1) is 9.04. The second kappa shape index (κ2) is 7.36. The zero-order valence-corrected chi connectivity index (χ0v) is 11.3. The van der Waals surface area contributed by atoms with Crippen LogP contribution in [-0.2, 0) is 20.9 Å². The summed E-state index contributed by atoms with van der Waals surface area (Å²) in [5.74, 6) is -0.708. The molecule has 0 aliphatic rings. The van der Waals surface area contributed by atoms with Gasteiger partial charge in [0, 0.05) is 13.5 Å². The molecule has 1 aromatic rings. The number of ether oxygens (including phenoxy) is 1. The van der Waals surface area contributed by atoms with Crippen LogP contribution in [0.3, 0.4) is 0 Å². The van der Waals surface area contributed by atoms with Gasteiger partial charge in [-0.3, -0.25) is 9.59 Å². The molecule has 0 saturated heterocycles. The predicted octanol–water partition coefficient (Wildman–Crippen LogP) is 2.20. The third-order valence-corrected chi connectivity index (χ3v) is 2.66. The zero-order valence-electron chi connectivity index (χ0n) is 11.3. The molecule has 102 valence electrons. The minimum atomic E-state index is -0.562. The van der Waals surface area contributed by atoms with E-state index in [0.29, 0.717) is 13.0 Å². The lowest BCUT2D eigenvalue weighted by Crippen LogP contribution is -2.31. The molecule has 1 rings (SSSR count). The van der Waals surface area contributed by atoms with Crippen LogP contribution in [0.15, 0.2) is 42.5 Å². The quantitative estimate of drug-likeness (QED) is 0.631. The monoisotopic (exact) mass is 261 g/mol. The van der Waals surface area contributed by atoms with E-state index in [4.69, 9.17) is 4.74 Å². The third kappa shape index (κ3) is 4.95. The lowest BCUT2D eigenvalue weighted by atomic mass is 10.1. The summed E-state index contributed by atoms with van der Waals surface area (Å²) in [5, 5.41) is 2.76. The van der Waals surface area contributed by atoms with E-state index in [1.54, 1.807) is 0 Å². The fourth-order valence-corrected chi connectivity index (χ4v) is 1.64. The van der Waals surface area contributed by atoms with Crippen molar-refractivity contribution in [1.82, 2.24) is 5.32 Å². The van der Waals surface area contributed by atoms with Crippen LogP contribution in [0.25, 0.3) is 0 Å². The first-order valence-corrected chi connectivity index (χ1v) is 6.22. The summed E-state index contributed by atoms with van der Waals surface area (Å²) in [4.78, 5) is 22.8. The van der Waals surface area contributed by atoms with Gasteiger partial charge < -0.3 is 10.1 Å². The molecule has 0 aromatic heterocycles. The number of benzene rings is 1. The maximum atomic E-state index is 11.9. The van der Waals surface area contributed by atoms with Gasteiger partial charge in [-0.2, -0.15) is 0 Å². The highest BCUT2D eigenvalue weighted by molar-refractivity contribution is 5.94. The Hall–Kier alpha value is -2.10. The second-order valence-corrected chi connectivity index (χ2v) is 4.20. The van der Waals surface area contributed by atoms with Gasteiger partial charge in [0.1, 0.15) is 6.10 Å². The molecule has 1 atom stereocenters. The van der Waals surface area contributed by atoms with Crippen molar-refractivity contribution in [2.45, 2.75) is 32.9 Å². The van der Waals surface area contributed by atoms with E-state index in [0.717, 1.165) is 5.56 Å². The Morgan fingerprint density at radius 1 is 1.32 bits per heavy atom. The molecule has 19 heavy (non-hydrogen) atoms. The van der Waals surface area contributed by atoms with Crippen molar-refractivity contribution in [3.63, 3.8) is 0 Å². The Kier molecular flexibility index (Phi) is 5.79. The summed E-state index contributed by atoms with van der Waals surface area (Å²) in [7, 11) is 0. The van der Waals surface area contributed by atoms with Crippen LogP contribution in [0.1, 0.15) is 25.8 Å². The van der Waals surface area contributed by atoms with Crippen LogP contribution in [0.5, 0.6) is 0 Å². The number of esters is 1. The topological polar surface area (TPSA) is 55.4 Å². The highest BCUT2D eigenvalue weighted by atomic mass is 16.5. The van der Waals surface area contributed by atoms with Crippen molar-refractivity contribution < 1.29 is 14.3 Å². The summed E-state index contributed by atoms with van der Waals surface area (Å²) in [6, 6.07) is 9.57. The van der Waals surface area contributed by atoms with Gasteiger partial charge >= 0.3 is 5.97 Å². The molecule has 0 bridgehead atoms. The molecule has 1 aromatic carbocycles. The normalized spacial score (nSPS) is 11.5. The van der Waals surface area contributed by atoms with E-state index < -0.39 is 12.1 Å². The molecular formula is C15H19NO3. The van der Waals surface area contributed by atoms with Crippen LogP contribution < -0.4 is 5.32 Å². The van der Waals surface area contributed by atoms with Gasteiger partial charge in [-0.05, 0) is 12.0 Å². The second-order valence-electron chi connectivity index (χ2n) is 4.20. The number of carbonyl (C=O) groups excluding carboxylic acids is 2. The first-order valence-electron chi connectivity index (χ1n) is 6.22. The van der Waals surface area contributed by atoms with Gasteiger partial charge in [0.25, 0.3) is 5.91 Å². The Morgan fingerprint density at radius 3 is 2.47 bits per heavy atom. The fraction of sp³-hybridized carbons (Fsp3) is 0.333. The molecular weight excluding hydrogens is 242 g/mol. The van der Waals surface area contributed by atoms with Crippen LogP contribution in [0.2, 0.25) is 0 Å². The van der Waals surface area contributed by atoms with Gasteiger partial charge in [0.2, 0.25) is 0 Å². The van der Waals surface area contributed by atoms with E-state index in [2.05, 4.69) is 11.9 Å². The van der Waals surface area contributed by atoms with Crippen LogP contribution in [0.4, 0.5) is 0 Å². The summed E-state index contributed by atoms with van der Waals surface area (Å²) in [5.41, 5.74) is 1.28. The van der Waals surface area contributed by atoms with Gasteiger partial charge in [-0.1, -0.05) is 43.8 Å². The fourth-order valence-electron chi connectivity index (χ4n) is 1.64. The predicted molar refractivity (Wildman–Crippen MR) is 73.3 cm³/mol. The van der Waals surface area contributed by atoms with Crippen LogP contribution in [-0.4, -0.2) is 18.0 Å². The standard InChI is InChI=1S/C15H19NO3/c1-4-14(19-12(3)17)11(2)15(18)16-10-13-8-6-5-7-9-13/h5-9,14H,2,4,10H2,1,3H3,(H,16,18). The molecule has 0 heterocycles. The van der Waals surface area contributed by atoms with Crippen molar-refractivity contribution in [1.29, 1.82) is 0 Å². The Morgan fingerprint density at radius 2 is 1.95 bits per heavy atom. The number of hydrogen-bond donors (Lipinski definition) is 1. The summed E-state index contributed by atoms with van der Waals surface area (Å²) >= 11 is 0. The first kappa shape index (κ1) is 15.0. The summed E-state index contributed by atoms with van der Waals surface area (Å²) < 4.78 is 5.04. The average Bonchev–Trinajstić information content (AvgIpc) is 2.42. The van der Waals surface area contributed by atoms with E-state index in [1.165, 1.54) is 6.92 Å². The number of carbonyl (C=O) groups is 2. The third-order valence-electron chi connectivity index (χ3n) is 2.66. The largest absolute Gasteiger partial charge is 0.457 e. The average molecular weight is 261 g/mol. The van der Waals surface area contributed by atoms with E-state index in [9.17, 15) is 9.59 Å². The zero-order chi connectivity index (χ0) is 14.3. The van der Waals surface area contributed by atoms with Crippen LogP contribution in [0, 0.1) is 0 Å². The van der Waals surface area contributed by atoms with Gasteiger partial charge in [0.15, 0.2) is 0 Å². The van der Waals surface area contributed by atoms with E-state index in [-0.39, 0.29) is 11.5 Å². The lowest BCUT2D eigenvalue weighted by molar-refractivity contribution is -0.145. The molecule has 0 spiro atoms. The molecule has 0 aliphatic carbocycles. The minimum absolute atomic E-state index is 0.272. The van der Waals surface area contributed by atoms with Crippen molar-refractivity contribution in [2.24, 2.45) is 0 Å². The van der Waals surface area contributed by atoms with Crippen molar-refractivity contribution in [3.8, 4) is 0 Å². The van der Waals surface area contributed by atoms with E-state index >= 15 is 0 Å². The number of rotatable bonds is 6. The van der Waals surface area contributed by atoms with Gasteiger partial charge in [-0.15, -0.1) is 0 Å². The molecule has 4 nitrogen and oxygen atoms in total. The van der Waals surface area contributed by atoms with Gasteiger partial charge in [-0.25, -0.2) is 0 Å². The highest BCUT2D eigenvalue weighted by Crippen LogP contribution is 2.10. The van der Waals surface area contributed by atoms with Gasteiger partial charge in [0.05, 0.1) is 5.57 Å². The summed E-state index contributed by atoms with van der Waals surface area (Å²) in [6.07, 6.45) is -0.0368. The Labute approximate surface area is 113 Å². The minimum Gasteiger partial charge on any atom is -0.457 e. The molecule has 1 N–H and O–H groups in total. The lowest BCUT2D eigenvalue weighted by Gasteiger charge is -2.17. The molecule has 1 unspecified atom stereocenters. The van der Waals surface area contributed by atoms with E-state index in [1.807, 2.05) is 37.3 Å². The van der Waals surface area contributed by atoms with Crippen molar-refractivity contribution in [2.75, 3.05) is 0 Å².